The lowest BCUT2D eigenvalue weighted by atomic mass is 10.1. The second-order valence-corrected chi connectivity index (χ2v) is 11.7. The van der Waals surface area contributed by atoms with Crippen molar-refractivity contribution in [2.75, 3.05) is 25.7 Å². The maximum absolute atomic E-state index is 12.1. The molecule has 12 heavy (non-hydrogen) atoms. The molecule has 2 nitrogen and oxygen atoms in total. The fourth-order valence-electron chi connectivity index (χ4n) is 2.96. The normalized spacial score (nSPS) is 58.8. The van der Waals surface area contributed by atoms with E-state index in [1.807, 2.05) is 13.3 Å². The van der Waals surface area contributed by atoms with Crippen LogP contribution in [0.4, 0.5) is 0 Å². The highest BCUT2D eigenvalue weighted by Gasteiger charge is 2.53. The largest absolute Gasteiger partial charge is 0.323 e. The van der Waals surface area contributed by atoms with Crippen LogP contribution < -0.4 is 0 Å². The van der Waals surface area contributed by atoms with Gasteiger partial charge in [-0.3, -0.25) is 0 Å². The number of fused-ring (bicyclic) bond motifs is 1. The van der Waals surface area contributed by atoms with Crippen LogP contribution in [0.15, 0.2) is 0 Å². The Morgan fingerprint density at radius 3 is 1.75 bits per heavy atom. The summed E-state index contributed by atoms with van der Waals surface area (Å²) in [4.78, 5) is 0. The van der Waals surface area contributed by atoms with E-state index in [-0.39, 0.29) is 5.40 Å². The predicted molar refractivity (Wildman–Crippen MR) is 53.3 cm³/mol. The van der Waals surface area contributed by atoms with E-state index in [0.29, 0.717) is 5.92 Å². The average molecular weight is 206 g/mol. The molecule has 0 aromatic heterocycles. The van der Waals surface area contributed by atoms with E-state index in [1.165, 1.54) is 0 Å². The van der Waals surface area contributed by atoms with Crippen LogP contribution in [0, 0.1) is 5.92 Å². The standard InChI is InChI=1S/C8H16O2P2/c1-11(9)5-3-7-4-6-12(2,10)8(7)11/h7-8H,3-6H2,1-2H3/t7?,8?,11-,12+. The number of hydrogen-bond acceptors (Lipinski definition) is 2. The van der Waals surface area contributed by atoms with Crippen molar-refractivity contribution in [1.29, 1.82) is 0 Å². The second-order valence-electron chi connectivity index (χ2n) is 4.55. The fraction of sp³-hybridized carbons (Fsp3) is 1.00. The summed E-state index contributed by atoms with van der Waals surface area (Å²) in [5, 5.41) is 0.116. The molecule has 4 heteroatoms. The van der Waals surface area contributed by atoms with Crippen molar-refractivity contribution in [3.63, 3.8) is 0 Å². The molecular formula is C8H16O2P2. The Labute approximate surface area is 73.9 Å². The minimum Gasteiger partial charge on any atom is -0.323 e. The highest BCUT2D eigenvalue weighted by molar-refractivity contribution is 7.81. The third-order valence-corrected chi connectivity index (χ3v) is 11.7. The van der Waals surface area contributed by atoms with Crippen LogP contribution in [0.3, 0.4) is 0 Å². The molecule has 2 fully saturated rings. The molecule has 0 radical (unpaired) electrons. The zero-order chi connectivity index (χ0) is 8.98. The van der Waals surface area contributed by atoms with Crippen molar-refractivity contribution >= 4 is 14.3 Å². The van der Waals surface area contributed by atoms with Gasteiger partial charge in [-0.15, -0.1) is 0 Å². The first-order valence-corrected chi connectivity index (χ1v) is 9.38. The molecule has 70 valence electrons. The Bertz CT molecular complexity index is 269. The quantitative estimate of drug-likeness (QED) is 0.571. The van der Waals surface area contributed by atoms with Crippen LogP contribution in [-0.2, 0) is 9.13 Å². The molecule has 0 aromatic rings. The summed E-state index contributed by atoms with van der Waals surface area (Å²) in [6, 6.07) is 0. The molecule has 0 aromatic carbocycles. The summed E-state index contributed by atoms with van der Waals surface area (Å²) >= 11 is 0. The van der Waals surface area contributed by atoms with E-state index in [1.54, 1.807) is 0 Å². The number of rotatable bonds is 0. The lowest BCUT2D eigenvalue weighted by Crippen LogP contribution is -2.05. The summed E-state index contributed by atoms with van der Waals surface area (Å²) < 4.78 is 24.1. The molecule has 2 rings (SSSR count). The van der Waals surface area contributed by atoms with E-state index in [4.69, 9.17) is 0 Å². The minimum absolute atomic E-state index is 0.116. The van der Waals surface area contributed by atoms with E-state index in [0.717, 1.165) is 25.2 Å². The summed E-state index contributed by atoms with van der Waals surface area (Å²) in [6.45, 7) is 3.72. The van der Waals surface area contributed by atoms with Gasteiger partial charge in [-0.2, -0.15) is 0 Å². The molecule has 2 unspecified atom stereocenters. The van der Waals surface area contributed by atoms with Crippen LogP contribution in [0.5, 0.6) is 0 Å². The summed E-state index contributed by atoms with van der Waals surface area (Å²) in [5.74, 6) is 0.539. The van der Waals surface area contributed by atoms with Gasteiger partial charge in [0.05, 0.1) is 19.7 Å². The lowest BCUT2D eigenvalue weighted by molar-refractivity contribution is 0.556. The van der Waals surface area contributed by atoms with Crippen molar-refractivity contribution < 1.29 is 9.13 Å². The lowest BCUT2D eigenvalue weighted by Gasteiger charge is -2.20. The zero-order valence-electron chi connectivity index (χ0n) is 7.69. The van der Waals surface area contributed by atoms with Gasteiger partial charge in [0.25, 0.3) is 0 Å². The Hall–Kier alpha value is 0.460. The van der Waals surface area contributed by atoms with E-state index >= 15 is 0 Å². The first-order chi connectivity index (χ1) is 5.43. The van der Waals surface area contributed by atoms with Gasteiger partial charge in [0.15, 0.2) is 0 Å². The van der Waals surface area contributed by atoms with Crippen LogP contribution >= 0.6 is 14.3 Å². The molecule has 0 saturated carbocycles. The van der Waals surface area contributed by atoms with Crippen LogP contribution in [0.25, 0.3) is 0 Å². The average Bonchev–Trinajstić information content (AvgIpc) is 2.36. The summed E-state index contributed by atoms with van der Waals surface area (Å²) in [7, 11) is -4.06. The summed E-state index contributed by atoms with van der Waals surface area (Å²) in [5.41, 5.74) is 0. The molecule has 0 bridgehead atoms. The van der Waals surface area contributed by atoms with Crippen molar-refractivity contribution in [3.05, 3.63) is 0 Å². The van der Waals surface area contributed by atoms with Crippen molar-refractivity contribution in [2.24, 2.45) is 5.92 Å². The van der Waals surface area contributed by atoms with Gasteiger partial charge in [0, 0.05) is 12.3 Å². The highest BCUT2D eigenvalue weighted by Crippen LogP contribution is 2.76. The van der Waals surface area contributed by atoms with E-state index in [9.17, 15) is 9.13 Å². The Balaban J connectivity index is 2.41. The predicted octanol–water partition coefficient (Wildman–Crippen LogP) is 2.72. The van der Waals surface area contributed by atoms with Gasteiger partial charge in [0.1, 0.15) is 0 Å². The molecule has 0 amide bonds. The third kappa shape index (κ3) is 1.16. The van der Waals surface area contributed by atoms with Gasteiger partial charge in [-0.05, 0) is 32.1 Å². The SMILES string of the molecule is C[P@]1(=O)CCC2CC[P@@](C)(=O)C21. The Kier molecular flexibility index (Phi) is 1.87. The Morgan fingerprint density at radius 2 is 1.42 bits per heavy atom. The molecule has 4 atom stereocenters. The maximum Gasteiger partial charge on any atom is 0.0950 e. The molecule has 2 saturated heterocycles. The van der Waals surface area contributed by atoms with Gasteiger partial charge < -0.3 is 9.13 Å². The fourth-order valence-corrected chi connectivity index (χ4v) is 12.4. The van der Waals surface area contributed by atoms with Crippen LogP contribution in [-0.4, -0.2) is 31.1 Å². The van der Waals surface area contributed by atoms with E-state index in [2.05, 4.69) is 0 Å². The van der Waals surface area contributed by atoms with Gasteiger partial charge >= 0.3 is 0 Å². The monoisotopic (exact) mass is 206 g/mol. The Morgan fingerprint density at radius 1 is 1.00 bits per heavy atom. The van der Waals surface area contributed by atoms with Gasteiger partial charge in [0.2, 0.25) is 0 Å². The third-order valence-electron chi connectivity index (χ3n) is 3.43. The highest BCUT2D eigenvalue weighted by atomic mass is 31.2. The first-order valence-electron chi connectivity index (χ1n) is 4.56. The number of hydrogen-bond donors (Lipinski definition) is 0. The molecule has 2 aliphatic heterocycles. The molecule has 2 heterocycles. The summed E-state index contributed by atoms with van der Waals surface area (Å²) in [6.07, 6.45) is 3.83. The maximum atomic E-state index is 12.1. The van der Waals surface area contributed by atoms with Crippen molar-refractivity contribution in [1.82, 2.24) is 0 Å². The zero-order valence-corrected chi connectivity index (χ0v) is 9.48. The second kappa shape index (κ2) is 2.49. The smallest absolute Gasteiger partial charge is 0.0950 e. The van der Waals surface area contributed by atoms with Gasteiger partial charge in [-0.1, -0.05) is 0 Å². The molecule has 2 aliphatic rings. The van der Waals surface area contributed by atoms with Crippen molar-refractivity contribution in [2.45, 2.75) is 18.2 Å². The first kappa shape index (κ1) is 9.03. The molecular weight excluding hydrogens is 190 g/mol. The molecule has 0 aliphatic carbocycles. The topological polar surface area (TPSA) is 34.1 Å². The molecule has 0 spiro atoms. The van der Waals surface area contributed by atoms with Crippen molar-refractivity contribution in [3.8, 4) is 0 Å². The van der Waals surface area contributed by atoms with Gasteiger partial charge in [-0.25, -0.2) is 0 Å². The van der Waals surface area contributed by atoms with Crippen LogP contribution in [0.1, 0.15) is 12.8 Å². The van der Waals surface area contributed by atoms with E-state index < -0.39 is 14.3 Å². The minimum atomic E-state index is -2.03. The van der Waals surface area contributed by atoms with Crippen LogP contribution in [0.2, 0.25) is 0 Å². The molecule has 0 N–H and O–H groups in total.